The number of aromatic nitrogens is 4. The first-order chi connectivity index (χ1) is 15.2. The number of nitrogens with one attached hydrogen (secondary N) is 1. The minimum absolute atomic E-state index is 0.0455. The molecule has 1 aliphatic rings. The number of carbonyl (C=O) groups is 1. The van der Waals surface area contributed by atoms with Gasteiger partial charge in [0.1, 0.15) is 18.0 Å². The van der Waals surface area contributed by atoms with Gasteiger partial charge < -0.3 is 10.2 Å². The summed E-state index contributed by atoms with van der Waals surface area (Å²) in [6.07, 6.45) is 11.4. The number of nitrogens with zero attached hydrogens (tertiary/aromatic N) is 5. The van der Waals surface area contributed by atoms with E-state index in [4.69, 9.17) is 0 Å². The van der Waals surface area contributed by atoms with E-state index < -0.39 is 0 Å². The second kappa shape index (κ2) is 9.93. The first-order valence-electron chi connectivity index (χ1n) is 10.5. The van der Waals surface area contributed by atoms with Gasteiger partial charge in [-0.3, -0.25) is 9.78 Å². The number of amides is 1. The molecule has 0 aliphatic carbocycles. The average Bonchev–Trinajstić information content (AvgIpc) is 2.79. The highest BCUT2D eigenvalue weighted by Crippen LogP contribution is 2.22. The Hall–Kier alpha value is -3.61. The van der Waals surface area contributed by atoms with Gasteiger partial charge in [-0.05, 0) is 61.9 Å². The molecule has 1 aliphatic heterocycles. The summed E-state index contributed by atoms with van der Waals surface area (Å²) in [7, 11) is 0. The molecule has 4 heterocycles. The van der Waals surface area contributed by atoms with Crippen molar-refractivity contribution in [1.29, 1.82) is 0 Å². The molecule has 1 saturated heterocycles. The van der Waals surface area contributed by atoms with E-state index >= 15 is 0 Å². The fourth-order valence-electron chi connectivity index (χ4n) is 3.80. The van der Waals surface area contributed by atoms with E-state index in [1.54, 1.807) is 24.8 Å². The molecule has 0 bridgehead atoms. The van der Waals surface area contributed by atoms with Crippen LogP contribution >= 0.6 is 0 Å². The van der Waals surface area contributed by atoms with Gasteiger partial charge in [-0.1, -0.05) is 12.1 Å². The zero-order chi connectivity index (χ0) is 21.5. The van der Waals surface area contributed by atoms with Crippen molar-refractivity contribution >= 4 is 23.6 Å². The number of pyridine rings is 2. The van der Waals surface area contributed by atoms with Crippen molar-refractivity contribution in [2.24, 2.45) is 5.92 Å². The zero-order valence-corrected chi connectivity index (χ0v) is 17.6. The molecule has 0 unspecified atom stereocenters. The highest BCUT2D eigenvalue weighted by Gasteiger charge is 2.23. The lowest BCUT2D eigenvalue weighted by molar-refractivity contribution is -0.127. The Morgan fingerprint density at radius 3 is 3.00 bits per heavy atom. The van der Waals surface area contributed by atoms with Crippen molar-refractivity contribution in [2.75, 3.05) is 18.4 Å². The van der Waals surface area contributed by atoms with Crippen LogP contribution in [0.25, 0.3) is 6.08 Å². The lowest BCUT2D eigenvalue weighted by atomic mass is 9.93. The topological polar surface area (TPSA) is 83.9 Å². The summed E-state index contributed by atoms with van der Waals surface area (Å²) in [5, 5.41) is 3.24. The van der Waals surface area contributed by atoms with Crippen molar-refractivity contribution in [3.05, 3.63) is 78.1 Å². The van der Waals surface area contributed by atoms with Gasteiger partial charge in [-0.2, -0.15) is 0 Å². The van der Waals surface area contributed by atoms with Crippen molar-refractivity contribution < 1.29 is 4.79 Å². The molecule has 1 amide bonds. The molecule has 0 spiro atoms. The highest BCUT2D eigenvalue weighted by molar-refractivity contribution is 5.91. The summed E-state index contributed by atoms with van der Waals surface area (Å²) >= 11 is 0. The third kappa shape index (κ3) is 5.94. The van der Waals surface area contributed by atoms with Crippen molar-refractivity contribution in [3.8, 4) is 0 Å². The van der Waals surface area contributed by atoms with E-state index in [9.17, 15) is 4.79 Å². The molecule has 7 heteroatoms. The third-order valence-electron chi connectivity index (χ3n) is 5.30. The molecular formula is C24H26N6O. The SMILES string of the molecule is Cc1cccc(Nc2cc(C[C@H]3CCCN(C(=O)/C=C/c4cccnc4)C3)ncn2)n1. The van der Waals surface area contributed by atoms with Crippen LogP contribution in [0.5, 0.6) is 0 Å². The van der Waals surface area contributed by atoms with E-state index in [0.717, 1.165) is 60.9 Å². The van der Waals surface area contributed by atoms with Crippen LogP contribution in [-0.4, -0.2) is 43.8 Å². The van der Waals surface area contributed by atoms with E-state index in [0.29, 0.717) is 5.92 Å². The zero-order valence-electron chi connectivity index (χ0n) is 17.6. The number of anilines is 2. The van der Waals surface area contributed by atoms with Crippen molar-refractivity contribution in [2.45, 2.75) is 26.2 Å². The number of hydrogen-bond donors (Lipinski definition) is 1. The number of piperidine rings is 1. The molecule has 0 aromatic carbocycles. The second-order valence-electron chi connectivity index (χ2n) is 7.80. The van der Waals surface area contributed by atoms with E-state index in [-0.39, 0.29) is 5.91 Å². The van der Waals surface area contributed by atoms with Gasteiger partial charge in [0.15, 0.2) is 0 Å². The van der Waals surface area contributed by atoms with E-state index in [1.165, 1.54) is 0 Å². The van der Waals surface area contributed by atoms with Crippen LogP contribution in [0, 0.1) is 12.8 Å². The van der Waals surface area contributed by atoms with Crippen LogP contribution < -0.4 is 5.32 Å². The second-order valence-corrected chi connectivity index (χ2v) is 7.80. The first kappa shape index (κ1) is 20.7. The van der Waals surface area contributed by atoms with Crippen LogP contribution in [-0.2, 0) is 11.2 Å². The fourth-order valence-corrected chi connectivity index (χ4v) is 3.80. The van der Waals surface area contributed by atoms with Gasteiger partial charge in [0.2, 0.25) is 5.91 Å². The van der Waals surface area contributed by atoms with Crippen LogP contribution in [0.1, 0.15) is 29.8 Å². The van der Waals surface area contributed by atoms with Gasteiger partial charge in [0.25, 0.3) is 0 Å². The lowest BCUT2D eigenvalue weighted by Gasteiger charge is -2.32. The van der Waals surface area contributed by atoms with Gasteiger partial charge in [0, 0.05) is 49.0 Å². The summed E-state index contributed by atoms with van der Waals surface area (Å²) in [5.41, 5.74) is 2.84. The fraction of sp³-hybridized carbons (Fsp3) is 0.292. The molecule has 158 valence electrons. The molecule has 0 saturated carbocycles. The molecule has 4 rings (SSSR count). The maximum atomic E-state index is 12.6. The molecular weight excluding hydrogens is 388 g/mol. The Labute approximate surface area is 182 Å². The Morgan fingerprint density at radius 2 is 2.16 bits per heavy atom. The maximum absolute atomic E-state index is 12.6. The number of carbonyl (C=O) groups excluding carboxylic acids is 1. The predicted octanol–water partition coefficient (Wildman–Crippen LogP) is 3.81. The van der Waals surface area contributed by atoms with Crippen LogP contribution in [0.3, 0.4) is 0 Å². The molecule has 3 aromatic rings. The molecule has 31 heavy (non-hydrogen) atoms. The summed E-state index contributed by atoms with van der Waals surface area (Å²) in [5.74, 6) is 1.92. The van der Waals surface area contributed by atoms with E-state index in [1.807, 2.05) is 54.3 Å². The number of aryl methyl sites for hydroxylation is 1. The molecule has 0 radical (unpaired) electrons. The Morgan fingerprint density at radius 1 is 1.23 bits per heavy atom. The van der Waals surface area contributed by atoms with Crippen LogP contribution in [0.4, 0.5) is 11.6 Å². The Kier molecular flexibility index (Phi) is 6.62. The monoisotopic (exact) mass is 414 g/mol. The highest BCUT2D eigenvalue weighted by atomic mass is 16.2. The third-order valence-corrected chi connectivity index (χ3v) is 5.30. The Balaban J connectivity index is 1.36. The van der Waals surface area contributed by atoms with E-state index in [2.05, 4.69) is 25.3 Å². The standard InChI is InChI=1S/C24H26N6O/c1-18-5-2-8-22(28-18)29-23-14-21(26-17-27-23)13-20-7-4-12-30(16-20)24(31)10-9-19-6-3-11-25-15-19/h2-3,5-6,8-11,14-15,17,20H,4,7,12-13,16H2,1H3,(H,26,27,28,29)/b10-9+/t20-/m1/s1. The minimum atomic E-state index is 0.0455. The molecule has 7 nitrogen and oxygen atoms in total. The normalized spacial score (nSPS) is 16.4. The predicted molar refractivity (Wildman–Crippen MR) is 121 cm³/mol. The summed E-state index contributed by atoms with van der Waals surface area (Å²) in [6.45, 7) is 3.49. The first-order valence-corrected chi connectivity index (χ1v) is 10.5. The smallest absolute Gasteiger partial charge is 0.246 e. The van der Waals surface area contributed by atoms with Gasteiger partial charge >= 0.3 is 0 Å². The molecule has 1 N–H and O–H groups in total. The molecule has 1 fully saturated rings. The summed E-state index contributed by atoms with van der Waals surface area (Å²) < 4.78 is 0. The van der Waals surface area contributed by atoms with Crippen molar-refractivity contribution in [3.63, 3.8) is 0 Å². The van der Waals surface area contributed by atoms with Crippen LogP contribution in [0.2, 0.25) is 0 Å². The minimum Gasteiger partial charge on any atom is -0.339 e. The molecule has 1 atom stereocenters. The number of hydrogen-bond acceptors (Lipinski definition) is 6. The van der Waals surface area contributed by atoms with Gasteiger partial charge in [-0.25, -0.2) is 15.0 Å². The summed E-state index contributed by atoms with van der Waals surface area (Å²) in [4.78, 5) is 31.8. The average molecular weight is 415 g/mol. The number of likely N-dealkylation sites (tertiary alicyclic amines) is 1. The van der Waals surface area contributed by atoms with Gasteiger partial charge in [-0.15, -0.1) is 0 Å². The maximum Gasteiger partial charge on any atom is 0.246 e. The van der Waals surface area contributed by atoms with Crippen LogP contribution in [0.15, 0.2) is 61.2 Å². The lowest BCUT2D eigenvalue weighted by Crippen LogP contribution is -2.39. The van der Waals surface area contributed by atoms with Crippen molar-refractivity contribution in [1.82, 2.24) is 24.8 Å². The summed E-state index contributed by atoms with van der Waals surface area (Å²) in [6, 6.07) is 11.6. The molecule has 3 aromatic heterocycles. The Bertz CT molecular complexity index is 1050. The number of rotatable bonds is 6. The largest absolute Gasteiger partial charge is 0.339 e. The van der Waals surface area contributed by atoms with Gasteiger partial charge in [0.05, 0.1) is 0 Å². The quantitative estimate of drug-likeness (QED) is 0.618.